The van der Waals surface area contributed by atoms with Crippen molar-refractivity contribution in [1.82, 2.24) is 20.2 Å². The number of H-pyrrole nitrogens is 1. The molecule has 39 heavy (non-hydrogen) atoms. The number of halogens is 1. The van der Waals surface area contributed by atoms with Gasteiger partial charge in [-0.1, -0.05) is 73.1 Å². The third kappa shape index (κ3) is 6.24. The van der Waals surface area contributed by atoms with E-state index in [0.717, 1.165) is 59.2 Å². The summed E-state index contributed by atoms with van der Waals surface area (Å²) < 4.78 is 5.86. The Hall–Kier alpha value is -3.87. The number of benzene rings is 2. The molecule has 3 heterocycles. The molecule has 200 valence electrons. The molecule has 2 N–H and O–H groups in total. The van der Waals surface area contributed by atoms with Crippen LogP contribution in [0.4, 0.5) is 0 Å². The first-order chi connectivity index (χ1) is 19.2. The highest BCUT2D eigenvalue weighted by molar-refractivity contribution is 6.38. The van der Waals surface area contributed by atoms with Crippen molar-refractivity contribution < 1.29 is 9.53 Å². The number of aromatic amines is 1. The number of rotatable bonds is 11. The first-order valence-corrected chi connectivity index (χ1v) is 13.8. The first-order valence-electron chi connectivity index (χ1n) is 13.5. The molecule has 6 nitrogen and oxygen atoms in total. The fraction of sp³-hybridized carbons (Fsp3) is 0.250. The largest absolute Gasteiger partial charge is 0.476 e. The van der Waals surface area contributed by atoms with Crippen LogP contribution in [0.25, 0.3) is 22.0 Å². The van der Waals surface area contributed by atoms with E-state index in [1.54, 1.807) is 6.08 Å². The molecule has 0 radical (unpaired) electrons. The molecule has 1 amide bonds. The van der Waals surface area contributed by atoms with Crippen molar-refractivity contribution in [2.24, 2.45) is 0 Å². The monoisotopic (exact) mass is 540 g/mol. The van der Waals surface area contributed by atoms with Gasteiger partial charge >= 0.3 is 0 Å². The minimum absolute atomic E-state index is 0.0873. The topological polar surface area (TPSA) is 70.2 Å². The maximum absolute atomic E-state index is 11.8. The average Bonchev–Trinajstić information content (AvgIpc) is 3.27. The molecule has 1 aliphatic heterocycles. The van der Waals surface area contributed by atoms with Crippen LogP contribution in [0.3, 0.4) is 0 Å². The normalized spacial score (nSPS) is 13.9. The lowest BCUT2D eigenvalue weighted by Crippen LogP contribution is -2.41. The second-order valence-electron chi connectivity index (χ2n) is 9.45. The van der Waals surface area contributed by atoms with Crippen LogP contribution in [0.2, 0.25) is 5.02 Å². The van der Waals surface area contributed by atoms with E-state index in [2.05, 4.69) is 46.5 Å². The molecule has 0 unspecified atom stereocenters. The van der Waals surface area contributed by atoms with Crippen LogP contribution in [0.5, 0.6) is 5.88 Å². The van der Waals surface area contributed by atoms with Gasteiger partial charge in [-0.15, -0.1) is 0 Å². The number of fused-ring (bicyclic) bond motifs is 1. The molecule has 0 atom stereocenters. The molecule has 1 aliphatic rings. The fourth-order valence-corrected chi connectivity index (χ4v) is 5.05. The van der Waals surface area contributed by atoms with Gasteiger partial charge in [0.2, 0.25) is 11.8 Å². The molecule has 1 saturated heterocycles. The van der Waals surface area contributed by atoms with Gasteiger partial charge in [-0.2, -0.15) is 0 Å². The number of hydrogen-bond acceptors (Lipinski definition) is 4. The van der Waals surface area contributed by atoms with Crippen LogP contribution in [-0.2, 0) is 4.79 Å². The highest BCUT2D eigenvalue weighted by Crippen LogP contribution is 2.40. The zero-order valence-electron chi connectivity index (χ0n) is 22.1. The summed E-state index contributed by atoms with van der Waals surface area (Å²) in [7, 11) is 0. The van der Waals surface area contributed by atoms with E-state index in [1.165, 1.54) is 5.57 Å². The Morgan fingerprint density at radius 1 is 1.08 bits per heavy atom. The number of hydrogen-bond donors (Lipinski definition) is 2. The van der Waals surface area contributed by atoms with E-state index < -0.39 is 0 Å². The molecular formula is C32H33ClN4O2. The number of carbonyl (C=O) groups is 1. The van der Waals surface area contributed by atoms with E-state index in [0.29, 0.717) is 30.6 Å². The van der Waals surface area contributed by atoms with Gasteiger partial charge in [0.25, 0.3) is 0 Å². The second kappa shape index (κ2) is 12.8. The summed E-state index contributed by atoms with van der Waals surface area (Å²) in [5, 5.41) is 4.96. The third-order valence-corrected chi connectivity index (χ3v) is 7.31. The molecular weight excluding hydrogens is 508 g/mol. The van der Waals surface area contributed by atoms with Crippen molar-refractivity contribution in [3.8, 4) is 5.88 Å². The quantitative estimate of drug-likeness (QED) is 0.172. The standard InChI is InChI=1S/C32H33ClN4O2/c1-2-25(23-10-4-3-5-11-23)30(32-31(33)26-12-6-7-13-27(26)36-32)24-15-16-28(35-22-24)39-21-18-34-17-8-14-29(38)37-19-9-20-37/h3-8,10-16,22,34,36H,2,9,17-21H2,1H3/b14-8+,30-25+. The number of aromatic nitrogens is 2. The molecule has 2 aromatic heterocycles. The van der Waals surface area contributed by atoms with Crippen molar-refractivity contribution in [1.29, 1.82) is 0 Å². The first kappa shape index (κ1) is 26.7. The molecule has 0 saturated carbocycles. The highest BCUT2D eigenvalue weighted by atomic mass is 35.5. The Kier molecular flexibility index (Phi) is 8.76. The molecule has 7 heteroatoms. The third-order valence-electron chi connectivity index (χ3n) is 6.91. The summed E-state index contributed by atoms with van der Waals surface area (Å²) in [6.45, 7) is 5.64. The van der Waals surface area contributed by atoms with Gasteiger partial charge in [0.15, 0.2) is 0 Å². The fourth-order valence-electron chi connectivity index (χ4n) is 4.74. The van der Waals surface area contributed by atoms with Crippen LogP contribution in [0.1, 0.15) is 36.6 Å². The molecule has 4 aromatic rings. The average molecular weight is 541 g/mol. The zero-order valence-corrected chi connectivity index (χ0v) is 22.9. The Bertz CT molecular complexity index is 1470. The van der Waals surface area contributed by atoms with E-state index in [9.17, 15) is 4.79 Å². The summed E-state index contributed by atoms with van der Waals surface area (Å²) in [6, 6.07) is 22.4. The number of nitrogens with one attached hydrogen (secondary N) is 2. The van der Waals surface area contributed by atoms with Gasteiger partial charge in [-0.3, -0.25) is 4.79 Å². The van der Waals surface area contributed by atoms with Gasteiger partial charge < -0.3 is 19.9 Å². The Balaban J connectivity index is 1.30. The lowest BCUT2D eigenvalue weighted by Gasteiger charge is -2.29. The predicted molar refractivity (Wildman–Crippen MR) is 159 cm³/mol. The number of amides is 1. The molecule has 0 aliphatic carbocycles. The number of carbonyl (C=O) groups excluding carboxylic acids is 1. The lowest BCUT2D eigenvalue weighted by molar-refractivity contribution is -0.129. The highest BCUT2D eigenvalue weighted by Gasteiger charge is 2.20. The van der Waals surface area contributed by atoms with Crippen LogP contribution in [-0.4, -0.2) is 53.6 Å². The van der Waals surface area contributed by atoms with Crippen LogP contribution < -0.4 is 10.1 Å². The summed E-state index contributed by atoms with van der Waals surface area (Å²) in [4.78, 5) is 21.8. The molecule has 0 spiro atoms. The molecule has 0 bridgehead atoms. The van der Waals surface area contributed by atoms with Crippen LogP contribution in [0, 0.1) is 0 Å². The van der Waals surface area contributed by atoms with Gasteiger partial charge in [-0.25, -0.2) is 4.98 Å². The molecule has 5 rings (SSSR count). The Morgan fingerprint density at radius 3 is 2.56 bits per heavy atom. The van der Waals surface area contributed by atoms with Gasteiger partial charge in [-0.05, 0) is 36.1 Å². The van der Waals surface area contributed by atoms with Crippen molar-refractivity contribution >= 4 is 39.6 Å². The minimum atomic E-state index is 0.0873. The number of pyridine rings is 1. The second-order valence-corrected chi connectivity index (χ2v) is 9.83. The SMILES string of the molecule is CC/C(=C(/c1ccc(OCCNC/C=C/C(=O)N2CCC2)nc1)c1[nH]c2ccccc2c1Cl)c1ccccc1. The van der Waals surface area contributed by atoms with Crippen LogP contribution >= 0.6 is 11.6 Å². The van der Waals surface area contributed by atoms with Crippen molar-refractivity contribution in [2.45, 2.75) is 19.8 Å². The van der Waals surface area contributed by atoms with Gasteiger partial charge in [0.05, 0.1) is 10.7 Å². The Morgan fingerprint density at radius 2 is 1.87 bits per heavy atom. The zero-order chi connectivity index (χ0) is 27.0. The summed E-state index contributed by atoms with van der Waals surface area (Å²) in [5.41, 5.74) is 6.22. The smallest absolute Gasteiger partial charge is 0.246 e. The van der Waals surface area contributed by atoms with Crippen molar-refractivity contribution in [2.75, 3.05) is 32.8 Å². The van der Waals surface area contributed by atoms with Crippen molar-refractivity contribution in [3.05, 3.63) is 107 Å². The predicted octanol–water partition coefficient (Wildman–Crippen LogP) is 6.34. The van der Waals surface area contributed by atoms with Gasteiger partial charge in [0, 0.05) is 66.6 Å². The van der Waals surface area contributed by atoms with Crippen LogP contribution in [0.15, 0.2) is 85.1 Å². The maximum atomic E-state index is 11.8. The van der Waals surface area contributed by atoms with E-state index >= 15 is 0 Å². The van der Waals surface area contributed by atoms with Crippen molar-refractivity contribution in [3.63, 3.8) is 0 Å². The van der Waals surface area contributed by atoms with E-state index in [1.807, 2.05) is 59.6 Å². The number of para-hydroxylation sites is 1. The number of nitrogens with zero attached hydrogens (tertiary/aromatic N) is 2. The Labute approximate surface area is 234 Å². The minimum Gasteiger partial charge on any atom is -0.476 e. The number of likely N-dealkylation sites (tertiary alicyclic amines) is 1. The summed E-state index contributed by atoms with van der Waals surface area (Å²) in [5.74, 6) is 0.646. The number of allylic oxidation sites excluding steroid dienone is 1. The number of ether oxygens (including phenoxy) is 1. The summed E-state index contributed by atoms with van der Waals surface area (Å²) >= 11 is 6.94. The van der Waals surface area contributed by atoms with E-state index in [4.69, 9.17) is 16.3 Å². The lowest BCUT2D eigenvalue weighted by atomic mass is 9.91. The molecule has 2 aromatic carbocycles. The summed E-state index contributed by atoms with van der Waals surface area (Å²) in [6.07, 6.45) is 7.27. The maximum Gasteiger partial charge on any atom is 0.246 e. The van der Waals surface area contributed by atoms with E-state index in [-0.39, 0.29) is 5.91 Å². The molecule has 1 fully saturated rings. The van der Waals surface area contributed by atoms with Gasteiger partial charge in [0.1, 0.15) is 6.61 Å².